The lowest BCUT2D eigenvalue weighted by atomic mass is 10.2. The standard InChI is InChI=1S/C22H22N2O5S2/c1-28-16-10-13-19(20(14-16)29-2)24-31(26,27)17-11-8-15(9-12-17)23-22(25)18-6-4-5-7-21(18)30-3/h4-14,24H,1-3H3,(H,23,25). The molecule has 0 saturated carbocycles. The lowest BCUT2D eigenvalue weighted by Crippen LogP contribution is -2.15. The summed E-state index contributed by atoms with van der Waals surface area (Å²) in [6.45, 7) is 0. The number of nitrogens with one attached hydrogen (secondary N) is 2. The molecule has 7 nitrogen and oxygen atoms in total. The Balaban J connectivity index is 1.77. The highest BCUT2D eigenvalue weighted by atomic mass is 32.2. The Morgan fingerprint density at radius 3 is 2.29 bits per heavy atom. The first-order chi connectivity index (χ1) is 14.9. The maximum Gasteiger partial charge on any atom is 0.262 e. The molecule has 0 aliphatic heterocycles. The van der Waals surface area contributed by atoms with Gasteiger partial charge >= 0.3 is 0 Å². The van der Waals surface area contributed by atoms with Crippen molar-refractivity contribution in [1.29, 1.82) is 0 Å². The fourth-order valence-corrected chi connectivity index (χ4v) is 4.50. The summed E-state index contributed by atoms with van der Waals surface area (Å²) in [5, 5.41) is 2.79. The van der Waals surface area contributed by atoms with Crippen molar-refractivity contribution >= 4 is 39.1 Å². The summed E-state index contributed by atoms with van der Waals surface area (Å²) < 4.78 is 38.4. The van der Waals surface area contributed by atoms with Gasteiger partial charge in [-0.15, -0.1) is 11.8 Å². The topological polar surface area (TPSA) is 93.7 Å². The van der Waals surface area contributed by atoms with Crippen LogP contribution in [0.5, 0.6) is 11.5 Å². The van der Waals surface area contributed by atoms with E-state index in [0.29, 0.717) is 22.7 Å². The maximum absolute atomic E-state index is 12.8. The summed E-state index contributed by atoms with van der Waals surface area (Å²) in [7, 11) is -0.904. The number of hydrogen-bond donors (Lipinski definition) is 2. The quantitative estimate of drug-likeness (QED) is 0.484. The van der Waals surface area contributed by atoms with Crippen LogP contribution in [0, 0.1) is 0 Å². The van der Waals surface area contributed by atoms with Gasteiger partial charge in [0.2, 0.25) is 0 Å². The Hall–Kier alpha value is -3.17. The second-order valence-electron chi connectivity index (χ2n) is 6.35. The Morgan fingerprint density at radius 1 is 0.935 bits per heavy atom. The first kappa shape index (κ1) is 22.5. The van der Waals surface area contributed by atoms with E-state index in [4.69, 9.17) is 9.47 Å². The molecule has 0 saturated heterocycles. The fraction of sp³-hybridized carbons (Fsp3) is 0.136. The van der Waals surface area contributed by atoms with Gasteiger partial charge in [-0.3, -0.25) is 9.52 Å². The molecule has 0 fully saturated rings. The van der Waals surface area contributed by atoms with Gasteiger partial charge in [-0.2, -0.15) is 0 Å². The molecular weight excluding hydrogens is 436 g/mol. The lowest BCUT2D eigenvalue weighted by Gasteiger charge is -2.13. The first-order valence-electron chi connectivity index (χ1n) is 9.17. The van der Waals surface area contributed by atoms with Crippen molar-refractivity contribution in [3.8, 4) is 11.5 Å². The molecule has 0 radical (unpaired) electrons. The average molecular weight is 459 g/mol. The molecule has 31 heavy (non-hydrogen) atoms. The van der Waals surface area contributed by atoms with Gasteiger partial charge in [0, 0.05) is 16.6 Å². The molecule has 0 bridgehead atoms. The second-order valence-corrected chi connectivity index (χ2v) is 8.88. The minimum Gasteiger partial charge on any atom is -0.497 e. The highest BCUT2D eigenvalue weighted by Crippen LogP contribution is 2.31. The molecule has 3 rings (SSSR count). The smallest absolute Gasteiger partial charge is 0.262 e. The van der Waals surface area contributed by atoms with Crippen LogP contribution < -0.4 is 19.5 Å². The molecule has 0 unspecified atom stereocenters. The molecule has 0 aliphatic carbocycles. The summed E-state index contributed by atoms with van der Waals surface area (Å²) in [5.74, 6) is 0.615. The summed E-state index contributed by atoms with van der Waals surface area (Å²) in [4.78, 5) is 13.5. The van der Waals surface area contributed by atoms with Crippen LogP contribution in [0.1, 0.15) is 10.4 Å². The SMILES string of the molecule is COc1ccc(NS(=O)(=O)c2ccc(NC(=O)c3ccccc3SC)cc2)c(OC)c1. The van der Waals surface area contributed by atoms with Crippen LogP contribution in [-0.4, -0.2) is 34.8 Å². The summed E-state index contributed by atoms with van der Waals surface area (Å²) in [6.07, 6.45) is 1.90. The Labute approximate surface area is 185 Å². The van der Waals surface area contributed by atoms with Crippen LogP contribution in [0.15, 0.2) is 76.5 Å². The number of benzene rings is 3. The van der Waals surface area contributed by atoms with E-state index >= 15 is 0 Å². The molecular formula is C22H22N2O5S2. The fourth-order valence-electron chi connectivity index (χ4n) is 2.83. The number of methoxy groups -OCH3 is 2. The van der Waals surface area contributed by atoms with Crippen molar-refractivity contribution in [3.05, 3.63) is 72.3 Å². The van der Waals surface area contributed by atoms with Crippen molar-refractivity contribution in [2.75, 3.05) is 30.5 Å². The number of hydrogen-bond acceptors (Lipinski definition) is 6. The predicted molar refractivity (Wildman–Crippen MR) is 123 cm³/mol. The maximum atomic E-state index is 12.8. The summed E-state index contributed by atoms with van der Waals surface area (Å²) >= 11 is 1.48. The van der Waals surface area contributed by atoms with Gasteiger partial charge in [-0.1, -0.05) is 12.1 Å². The van der Waals surface area contributed by atoms with Crippen LogP contribution in [0.25, 0.3) is 0 Å². The van der Waals surface area contributed by atoms with E-state index in [2.05, 4.69) is 10.0 Å². The molecule has 1 amide bonds. The minimum atomic E-state index is -3.86. The molecule has 3 aromatic carbocycles. The van der Waals surface area contributed by atoms with Crippen molar-refractivity contribution < 1.29 is 22.7 Å². The highest BCUT2D eigenvalue weighted by Gasteiger charge is 2.18. The molecule has 0 heterocycles. The van der Waals surface area contributed by atoms with Crippen LogP contribution >= 0.6 is 11.8 Å². The number of carbonyl (C=O) groups excluding carboxylic acids is 1. The van der Waals surface area contributed by atoms with Gasteiger partial charge in [0.1, 0.15) is 11.5 Å². The lowest BCUT2D eigenvalue weighted by molar-refractivity contribution is 0.102. The molecule has 0 aromatic heterocycles. The Bertz CT molecular complexity index is 1180. The number of carbonyl (C=O) groups is 1. The van der Waals surface area contributed by atoms with E-state index in [9.17, 15) is 13.2 Å². The third-order valence-corrected chi connectivity index (χ3v) is 6.60. The van der Waals surface area contributed by atoms with E-state index < -0.39 is 10.0 Å². The zero-order chi connectivity index (χ0) is 22.4. The third-order valence-electron chi connectivity index (χ3n) is 4.43. The summed E-state index contributed by atoms with van der Waals surface area (Å²) in [6, 6.07) is 18.0. The molecule has 9 heteroatoms. The minimum absolute atomic E-state index is 0.0490. The Morgan fingerprint density at radius 2 is 1.65 bits per heavy atom. The van der Waals surface area contributed by atoms with E-state index in [1.165, 1.54) is 38.1 Å². The van der Waals surface area contributed by atoms with Crippen LogP contribution in [-0.2, 0) is 10.0 Å². The second kappa shape index (κ2) is 9.76. The van der Waals surface area contributed by atoms with E-state index in [-0.39, 0.29) is 16.5 Å². The van der Waals surface area contributed by atoms with Gasteiger partial charge in [0.15, 0.2) is 0 Å². The van der Waals surface area contributed by atoms with Gasteiger partial charge in [-0.05, 0) is 54.8 Å². The predicted octanol–water partition coefficient (Wildman–Crippen LogP) is 4.48. The van der Waals surface area contributed by atoms with Gasteiger partial charge < -0.3 is 14.8 Å². The number of sulfonamides is 1. The first-order valence-corrected chi connectivity index (χ1v) is 11.9. The zero-order valence-corrected chi connectivity index (χ0v) is 18.8. The zero-order valence-electron chi connectivity index (χ0n) is 17.2. The van der Waals surface area contributed by atoms with Gasteiger partial charge in [0.25, 0.3) is 15.9 Å². The normalized spacial score (nSPS) is 10.9. The number of anilines is 2. The van der Waals surface area contributed by atoms with Crippen LogP contribution in [0.4, 0.5) is 11.4 Å². The third kappa shape index (κ3) is 5.31. The average Bonchev–Trinajstić information content (AvgIpc) is 2.79. The van der Waals surface area contributed by atoms with E-state index in [0.717, 1.165) is 4.90 Å². The number of ether oxygens (including phenoxy) is 2. The molecule has 0 aliphatic rings. The largest absolute Gasteiger partial charge is 0.497 e. The van der Waals surface area contributed by atoms with Crippen LogP contribution in [0.2, 0.25) is 0 Å². The van der Waals surface area contributed by atoms with Gasteiger partial charge in [-0.25, -0.2) is 8.42 Å². The van der Waals surface area contributed by atoms with Crippen LogP contribution in [0.3, 0.4) is 0 Å². The van der Waals surface area contributed by atoms with E-state index in [1.807, 2.05) is 18.4 Å². The molecule has 3 aromatic rings. The molecule has 2 N–H and O–H groups in total. The van der Waals surface area contributed by atoms with E-state index in [1.54, 1.807) is 42.5 Å². The monoisotopic (exact) mass is 458 g/mol. The van der Waals surface area contributed by atoms with Crippen molar-refractivity contribution in [2.24, 2.45) is 0 Å². The van der Waals surface area contributed by atoms with Crippen molar-refractivity contribution in [3.63, 3.8) is 0 Å². The molecule has 0 spiro atoms. The number of thioether (sulfide) groups is 1. The molecule has 162 valence electrons. The highest BCUT2D eigenvalue weighted by molar-refractivity contribution is 7.98. The van der Waals surface area contributed by atoms with Crippen molar-refractivity contribution in [2.45, 2.75) is 9.79 Å². The Kier molecular flexibility index (Phi) is 7.09. The number of amides is 1. The molecule has 0 atom stereocenters. The van der Waals surface area contributed by atoms with Crippen molar-refractivity contribution in [1.82, 2.24) is 0 Å². The van der Waals surface area contributed by atoms with Gasteiger partial charge in [0.05, 0.1) is 30.4 Å². The number of rotatable bonds is 8. The summed E-state index contributed by atoms with van der Waals surface area (Å²) in [5.41, 5.74) is 1.33.